The number of cyclic esters (lactones) is 1. The lowest BCUT2D eigenvalue weighted by molar-refractivity contribution is -0.162. The summed E-state index contributed by atoms with van der Waals surface area (Å²) in [7, 11) is 1.32. The Labute approximate surface area is 251 Å². The monoisotopic (exact) mass is 630 g/mol. The molecule has 1 aromatic heterocycles. The summed E-state index contributed by atoms with van der Waals surface area (Å²) >= 11 is 0. The lowest BCUT2D eigenvalue weighted by Gasteiger charge is -2.31. The molecule has 242 valence electrons. The molecule has 1 saturated heterocycles. The number of pyridine rings is 1. The van der Waals surface area contributed by atoms with Crippen LogP contribution in [-0.2, 0) is 35.0 Å². The third-order valence-electron chi connectivity index (χ3n) is 6.53. The summed E-state index contributed by atoms with van der Waals surface area (Å²) in [5, 5.41) is 2.49. The van der Waals surface area contributed by atoms with E-state index in [1.54, 1.807) is 12.1 Å². The Morgan fingerprint density at radius 3 is 2.52 bits per heavy atom. The number of carbonyl (C=O) groups excluding carboxylic acids is 3. The number of hydrogen-bond acceptors (Lipinski definition) is 10. The SMILES string of the molecule is COc1ccnc(C(=O)N[C@H]2COC[C@H](Cc3ccc(F)cc3)[C@@H](OCCCC(F)(F)F)[C@H](C)OC2=O)c1OCOC(C)=O. The van der Waals surface area contributed by atoms with Gasteiger partial charge < -0.3 is 33.7 Å². The highest BCUT2D eigenvalue weighted by Crippen LogP contribution is 2.30. The lowest BCUT2D eigenvalue weighted by atomic mass is 9.91. The number of amides is 1. The zero-order valence-corrected chi connectivity index (χ0v) is 24.4. The summed E-state index contributed by atoms with van der Waals surface area (Å²) < 4.78 is 84.2. The number of esters is 2. The number of nitrogens with zero attached hydrogens (tertiary/aromatic N) is 1. The lowest BCUT2D eigenvalue weighted by Crippen LogP contribution is -2.46. The number of hydrogen-bond donors (Lipinski definition) is 1. The van der Waals surface area contributed by atoms with Crippen molar-refractivity contribution in [2.75, 3.05) is 33.7 Å². The van der Waals surface area contributed by atoms with Crippen LogP contribution in [0.25, 0.3) is 0 Å². The molecule has 2 heterocycles. The van der Waals surface area contributed by atoms with E-state index in [0.29, 0.717) is 5.56 Å². The van der Waals surface area contributed by atoms with E-state index in [4.69, 9.17) is 28.4 Å². The summed E-state index contributed by atoms with van der Waals surface area (Å²) in [5.41, 5.74) is 0.425. The van der Waals surface area contributed by atoms with Crippen molar-refractivity contribution in [2.24, 2.45) is 5.92 Å². The Morgan fingerprint density at radius 1 is 1.14 bits per heavy atom. The fourth-order valence-corrected chi connectivity index (χ4v) is 4.47. The molecule has 0 aliphatic carbocycles. The van der Waals surface area contributed by atoms with Gasteiger partial charge in [0.15, 0.2) is 23.2 Å². The second-order valence-electron chi connectivity index (χ2n) is 9.94. The summed E-state index contributed by atoms with van der Waals surface area (Å²) in [5.74, 6) is -3.36. The van der Waals surface area contributed by atoms with Gasteiger partial charge in [0, 0.05) is 38.1 Å². The van der Waals surface area contributed by atoms with Crippen molar-refractivity contribution in [3.8, 4) is 11.5 Å². The fraction of sp³-hybridized carbons (Fsp3) is 0.517. The molecule has 1 aliphatic rings. The zero-order valence-electron chi connectivity index (χ0n) is 24.4. The van der Waals surface area contributed by atoms with Gasteiger partial charge in [0.1, 0.15) is 11.9 Å². The minimum Gasteiger partial charge on any atom is -0.493 e. The fourth-order valence-electron chi connectivity index (χ4n) is 4.47. The number of ether oxygens (including phenoxy) is 6. The molecule has 11 nitrogen and oxygen atoms in total. The first-order valence-corrected chi connectivity index (χ1v) is 13.7. The first-order chi connectivity index (χ1) is 20.9. The summed E-state index contributed by atoms with van der Waals surface area (Å²) in [6.45, 7) is 1.55. The van der Waals surface area contributed by atoms with Crippen molar-refractivity contribution < 1.29 is 60.4 Å². The standard InChI is InChI=1S/C29H34F4N2O9/c1-17-25(41-12-4-10-29(31,32)33)20(13-19-5-7-21(30)8-6-19)14-40-15-22(28(38)44-17)35-27(37)24-26(43-16-42-18(2)36)23(39-3)9-11-34-24/h5-9,11,17,20,22,25H,4,10,12-16H2,1-3H3,(H,35,37)/t17-,20-,22-,25-/m0/s1. The molecular weight excluding hydrogens is 596 g/mol. The van der Waals surface area contributed by atoms with Crippen molar-refractivity contribution in [1.82, 2.24) is 10.3 Å². The first kappa shape index (κ1) is 34.5. The average Bonchev–Trinajstić information content (AvgIpc) is 3.00. The minimum atomic E-state index is -4.36. The molecule has 2 aromatic rings. The van der Waals surface area contributed by atoms with Crippen LogP contribution in [0.1, 0.15) is 42.7 Å². The molecule has 3 rings (SSSR count). The predicted molar refractivity (Wildman–Crippen MR) is 144 cm³/mol. The Kier molecular flexibility index (Phi) is 12.7. The van der Waals surface area contributed by atoms with Gasteiger partial charge in [0.05, 0.1) is 26.4 Å². The average molecular weight is 631 g/mol. The van der Waals surface area contributed by atoms with Crippen molar-refractivity contribution in [3.63, 3.8) is 0 Å². The topological polar surface area (TPSA) is 132 Å². The van der Waals surface area contributed by atoms with Gasteiger partial charge in [-0.1, -0.05) is 12.1 Å². The van der Waals surface area contributed by atoms with Crippen LogP contribution in [0, 0.1) is 11.7 Å². The van der Waals surface area contributed by atoms with Crippen LogP contribution in [0.3, 0.4) is 0 Å². The molecule has 0 spiro atoms. The van der Waals surface area contributed by atoms with E-state index in [1.807, 2.05) is 0 Å². The first-order valence-electron chi connectivity index (χ1n) is 13.7. The number of methoxy groups -OCH3 is 1. The van der Waals surface area contributed by atoms with Crippen molar-refractivity contribution in [1.29, 1.82) is 0 Å². The Morgan fingerprint density at radius 2 is 1.86 bits per heavy atom. The number of rotatable bonds is 12. The Bertz CT molecular complexity index is 1260. The smallest absolute Gasteiger partial charge is 0.389 e. The predicted octanol–water partition coefficient (Wildman–Crippen LogP) is 3.78. The second kappa shape index (κ2) is 16.2. The van der Waals surface area contributed by atoms with Gasteiger partial charge in [0.2, 0.25) is 6.79 Å². The van der Waals surface area contributed by atoms with Gasteiger partial charge in [-0.3, -0.25) is 9.59 Å². The summed E-state index contributed by atoms with van der Waals surface area (Å²) in [4.78, 5) is 41.5. The van der Waals surface area contributed by atoms with Gasteiger partial charge in [-0.25, -0.2) is 14.2 Å². The Balaban J connectivity index is 1.78. The largest absolute Gasteiger partial charge is 0.493 e. The van der Waals surface area contributed by atoms with Crippen molar-refractivity contribution in [2.45, 2.75) is 57.5 Å². The number of benzene rings is 1. The van der Waals surface area contributed by atoms with Gasteiger partial charge >= 0.3 is 18.1 Å². The van der Waals surface area contributed by atoms with Crippen LogP contribution in [0.2, 0.25) is 0 Å². The molecule has 1 fully saturated rings. The zero-order chi connectivity index (χ0) is 32.3. The van der Waals surface area contributed by atoms with E-state index in [1.165, 1.54) is 45.4 Å². The molecule has 4 atom stereocenters. The van der Waals surface area contributed by atoms with Crippen LogP contribution >= 0.6 is 0 Å². The van der Waals surface area contributed by atoms with Crippen LogP contribution in [0.15, 0.2) is 36.5 Å². The minimum absolute atomic E-state index is 0.0250. The van der Waals surface area contributed by atoms with Crippen LogP contribution in [0.4, 0.5) is 17.6 Å². The number of aromatic nitrogens is 1. The maximum absolute atomic E-state index is 13.5. The van der Waals surface area contributed by atoms with E-state index < -0.39 is 67.2 Å². The molecule has 1 aliphatic heterocycles. The van der Waals surface area contributed by atoms with Gasteiger partial charge in [-0.2, -0.15) is 13.2 Å². The molecule has 0 bridgehead atoms. The third-order valence-corrected chi connectivity index (χ3v) is 6.53. The van der Waals surface area contributed by atoms with Crippen molar-refractivity contribution >= 4 is 17.8 Å². The van der Waals surface area contributed by atoms with Crippen LogP contribution < -0.4 is 14.8 Å². The summed E-state index contributed by atoms with van der Waals surface area (Å²) in [6, 6.07) is 5.76. The van der Waals surface area contributed by atoms with E-state index in [-0.39, 0.29) is 49.9 Å². The molecule has 44 heavy (non-hydrogen) atoms. The highest BCUT2D eigenvalue weighted by molar-refractivity contribution is 5.98. The molecule has 1 aromatic carbocycles. The molecule has 0 saturated carbocycles. The van der Waals surface area contributed by atoms with Crippen molar-refractivity contribution in [3.05, 3.63) is 53.6 Å². The molecule has 0 unspecified atom stereocenters. The second-order valence-corrected chi connectivity index (χ2v) is 9.94. The van der Waals surface area contributed by atoms with Crippen LogP contribution in [0.5, 0.6) is 11.5 Å². The van der Waals surface area contributed by atoms with Crippen LogP contribution in [-0.4, -0.2) is 81.0 Å². The molecule has 1 N–H and O–H groups in total. The van der Waals surface area contributed by atoms with E-state index in [2.05, 4.69) is 10.3 Å². The van der Waals surface area contributed by atoms with Gasteiger partial charge in [-0.05, 0) is 37.5 Å². The number of halogens is 4. The molecule has 0 radical (unpaired) electrons. The number of alkyl halides is 3. The Hall–Kier alpha value is -3.98. The van der Waals surface area contributed by atoms with E-state index in [0.717, 1.165) is 0 Å². The van der Waals surface area contributed by atoms with E-state index in [9.17, 15) is 31.9 Å². The summed E-state index contributed by atoms with van der Waals surface area (Å²) in [6.07, 6.45) is -6.01. The maximum Gasteiger partial charge on any atom is 0.389 e. The third kappa shape index (κ3) is 10.6. The normalized spacial score (nSPS) is 20.8. The van der Waals surface area contributed by atoms with E-state index >= 15 is 0 Å². The highest BCUT2D eigenvalue weighted by atomic mass is 19.4. The van der Waals surface area contributed by atoms with Gasteiger partial charge in [0.25, 0.3) is 5.91 Å². The molecule has 15 heteroatoms. The highest BCUT2D eigenvalue weighted by Gasteiger charge is 2.36. The quantitative estimate of drug-likeness (QED) is 0.160. The molecular formula is C29H34F4N2O9. The molecule has 1 amide bonds. The van der Waals surface area contributed by atoms with Gasteiger partial charge in [-0.15, -0.1) is 0 Å². The maximum atomic E-state index is 13.5. The number of carbonyl (C=O) groups is 3. The number of nitrogens with one attached hydrogen (secondary N) is 1.